The molecule has 0 radical (unpaired) electrons. The second-order valence-corrected chi connectivity index (χ2v) is 5.16. The van der Waals surface area contributed by atoms with Gasteiger partial charge in [0.2, 0.25) is 0 Å². The number of carboxylic acid groups (broad SMARTS) is 1. The van der Waals surface area contributed by atoms with Crippen molar-refractivity contribution in [1.82, 2.24) is 9.80 Å². The van der Waals surface area contributed by atoms with Crippen molar-refractivity contribution in [2.75, 3.05) is 39.3 Å². The van der Waals surface area contributed by atoms with E-state index >= 15 is 0 Å². The van der Waals surface area contributed by atoms with E-state index in [-0.39, 0.29) is 12.5 Å². The molecule has 21 heavy (non-hydrogen) atoms. The topological polar surface area (TPSA) is 86.9 Å². The number of nitrogens with two attached hydrogens (primary N) is 1. The van der Waals surface area contributed by atoms with Gasteiger partial charge in [0.1, 0.15) is 0 Å². The molecule has 114 valence electrons. The van der Waals surface area contributed by atoms with Crippen LogP contribution in [0.2, 0.25) is 0 Å². The fourth-order valence-electron chi connectivity index (χ4n) is 2.57. The van der Waals surface area contributed by atoms with Crippen molar-refractivity contribution < 1.29 is 14.7 Å². The third-order valence-electron chi connectivity index (χ3n) is 3.68. The first-order chi connectivity index (χ1) is 10.1. The van der Waals surface area contributed by atoms with Gasteiger partial charge in [-0.05, 0) is 24.6 Å². The van der Waals surface area contributed by atoms with E-state index in [0.29, 0.717) is 44.7 Å². The number of carboxylic acids is 1. The maximum atomic E-state index is 12.6. The Hall–Kier alpha value is -1.92. The zero-order chi connectivity index (χ0) is 15.2. The second kappa shape index (κ2) is 7.19. The van der Waals surface area contributed by atoms with Crippen LogP contribution in [-0.4, -0.2) is 66.1 Å². The number of benzene rings is 1. The van der Waals surface area contributed by atoms with E-state index in [1.165, 1.54) is 0 Å². The van der Waals surface area contributed by atoms with Gasteiger partial charge in [0.15, 0.2) is 0 Å². The molecule has 3 N–H and O–H groups in total. The SMILES string of the molecule is NCCc1ccccc1C(=O)N1CCN(CC(=O)O)CC1. The summed E-state index contributed by atoms with van der Waals surface area (Å²) in [6.07, 6.45) is 0.681. The van der Waals surface area contributed by atoms with Crippen LogP contribution >= 0.6 is 0 Å². The van der Waals surface area contributed by atoms with Gasteiger partial charge in [0.25, 0.3) is 5.91 Å². The average molecular weight is 291 g/mol. The van der Waals surface area contributed by atoms with Gasteiger partial charge in [0, 0.05) is 31.7 Å². The molecular formula is C15H21N3O3. The van der Waals surface area contributed by atoms with Crippen LogP contribution in [0.3, 0.4) is 0 Å². The van der Waals surface area contributed by atoms with Crippen LogP contribution in [0, 0.1) is 0 Å². The number of aliphatic carboxylic acids is 1. The van der Waals surface area contributed by atoms with E-state index in [2.05, 4.69) is 0 Å². The van der Waals surface area contributed by atoms with E-state index < -0.39 is 5.97 Å². The van der Waals surface area contributed by atoms with Crippen LogP contribution < -0.4 is 5.73 Å². The smallest absolute Gasteiger partial charge is 0.317 e. The number of hydrogen-bond donors (Lipinski definition) is 2. The molecule has 6 heteroatoms. The fourth-order valence-corrected chi connectivity index (χ4v) is 2.57. The van der Waals surface area contributed by atoms with E-state index in [1.807, 2.05) is 29.2 Å². The van der Waals surface area contributed by atoms with Crippen LogP contribution in [0.5, 0.6) is 0 Å². The number of amides is 1. The Bertz CT molecular complexity index is 511. The van der Waals surface area contributed by atoms with Crippen LogP contribution in [0.1, 0.15) is 15.9 Å². The molecular weight excluding hydrogens is 270 g/mol. The minimum atomic E-state index is -0.830. The largest absolute Gasteiger partial charge is 0.480 e. The standard InChI is InChI=1S/C15H21N3O3/c16-6-5-12-3-1-2-4-13(12)15(21)18-9-7-17(8-10-18)11-14(19)20/h1-4H,5-11,16H2,(H,19,20). The summed E-state index contributed by atoms with van der Waals surface area (Å²) >= 11 is 0. The first-order valence-corrected chi connectivity index (χ1v) is 7.13. The van der Waals surface area contributed by atoms with Crippen LogP contribution in [0.25, 0.3) is 0 Å². The van der Waals surface area contributed by atoms with Gasteiger partial charge in [-0.1, -0.05) is 18.2 Å². The lowest BCUT2D eigenvalue weighted by atomic mass is 10.0. The summed E-state index contributed by atoms with van der Waals surface area (Å²) in [5.41, 5.74) is 7.26. The van der Waals surface area contributed by atoms with Crippen molar-refractivity contribution in [3.63, 3.8) is 0 Å². The predicted molar refractivity (Wildman–Crippen MR) is 79.2 cm³/mol. The summed E-state index contributed by atoms with van der Waals surface area (Å²) in [7, 11) is 0. The molecule has 1 aliphatic heterocycles. The minimum Gasteiger partial charge on any atom is -0.480 e. The molecule has 0 aromatic heterocycles. The van der Waals surface area contributed by atoms with E-state index in [4.69, 9.17) is 10.8 Å². The Morgan fingerprint density at radius 3 is 2.43 bits per heavy atom. The van der Waals surface area contributed by atoms with Crippen LogP contribution in [0.4, 0.5) is 0 Å². The maximum Gasteiger partial charge on any atom is 0.317 e. The lowest BCUT2D eigenvalue weighted by molar-refractivity contribution is -0.138. The molecule has 1 fully saturated rings. The number of hydrogen-bond acceptors (Lipinski definition) is 4. The summed E-state index contributed by atoms with van der Waals surface area (Å²) in [6.45, 7) is 2.85. The van der Waals surface area contributed by atoms with Gasteiger partial charge in [-0.15, -0.1) is 0 Å². The van der Waals surface area contributed by atoms with Gasteiger partial charge in [-0.3, -0.25) is 14.5 Å². The highest BCUT2D eigenvalue weighted by Crippen LogP contribution is 2.14. The number of nitrogens with zero attached hydrogens (tertiary/aromatic N) is 2. The van der Waals surface area contributed by atoms with Crippen LogP contribution in [0.15, 0.2) is 24.3 Å². The first kappa shape index (κ1) is 15.5. The molecule has 1 amide bonds. The number of rotatable bonds is 5. The highest BCUT2D eigenvalue weighted by Gasteiger charge is 2.24. The summed E-state index contributed by atoms with van der Waals surface area (Å²) in [6, 6.07) is 7.53. The third kappa shape index (κ3) is 4.03. The van der Waals surface area contributed by atoms with Crippen molar-refractivity contribution >= 4 is 11.9 Å². The molecule has 1 heterocycles. The second-order valence-electron chi connectivity index (χ2n) is 5.16. The number of carbonyl (C=O) groups is 2. The molecule has 1 aromatic carbocycles. The zero-order valence-electron chi connectivity index (χ0n) is 12.0. The molecule has 0 aliphatic carbocycles. The van der Waals surface area contributed by atoms with Crippen molar-refractivity contribution in [1.29, 1.82) is 0 Å². The monoisotopic (exact) mass is 291 g/mol. The van der Waals surface area contributed by atoms with Crippen LogP contribution in [-0.2, 0) is 11.2 Å². The fraction of sp³-hybridized carbons (Fsp3) is 0.467. The Labute approximate surface area is 124 Å². The van der Waals surface area contributed by atoms with E-state index in [1.54, 1.807) is 4.90 Å². The average Bonchev–Trinajstić information content (AvgIpc) is 2.48. The van der Waals surface area contributed by atoms with Gasteiger partial charge in [0.05, 0.1) is 6.54 Å². The Kier molecular flexibility index (Phi) is 5.30. The van der Waals surface area contributed by atoms with Gasteiger partial charge in [-0.2, -0.15) is 0 Å². The normalized spacial score (nSPS) is 16.0. The molecule has 6 nitrogen and oxygen atoms in total. The van der Waals surface area contributed by atoms with E-state index in [0.717, 1.165) is 5.56 Å². The molecule has 1 aromatic rings. The van der Waals surface area contributed by atoms with Crippen molar-refractivity contribution in [3.8, 4) is 0 Å². The van der Waals surface area contributed by atoms with Crippen molar-refractivity contribution in [2.45, 2.75) is 6.42 Å². The molecule has 0 bridgehead atoms. The maximum absolute atomic E-state index is 12.6. The summed E-state index contributed by atoms with van der Waals surface area (Å²) in [5, 5.41) is 8.78. The zero-order valence-corrected chi connectivity index (χ0v) is 12.0. The highest BCUT2D eigenvalue weighted by atomic mass is 16.4. The molecule has 0 atom stereocenters. The Morgan fingerprint density at radius 2 is 1.81 bits per heavy atom. The van der Waals surface area contributed by atoms with Crippen molar-refractivity contribution in [3.05, 3.63) is 35.4 Å². The molecule has 1 saturated heterocycles. The van der Waals surface area contributed by atoms with Gasteiger partial charge >= 0.3 is 5.97 Å². The first-order valence-electron chi connectivity index (χ1n) is 7.13. The molecule has 2 rings (SSSR count). The quantitative estimate of drug-likeness (QED) is 0.799. The lowest BCUT2D eigenvalue weighted by Crippen LogP contribution is -2.50. The number of piperazine rings is 1. The Morgan fingerprint density at radius 1 is 1.14 bits per heavy atom. The summed E-state index contributed by atoms with van der Waals surface area (Å²) in [4.78, 5) is 26.9. The third-order valence-corrected chi connectivity index (χ3v) is 3.68. The van der Waals surface area contributed by atoms with Gasteiger partial charge in [-0.25, -0.2) is 0 Å². The highest BCUT2D eigenvalue weighted by molar-refractivity contribution is 5.95. The minimum absolute atomic E-state index is 0.00836. The summed E-state index contributed by atoms with van der Waals surface area (Å²) in [5.74, 6) is -0.822. The number of carbonyl (C=O) groups excluding carboxylic acids is 1. The van der Waals surface area contributed by atoms with Gasteiger partial charge < -0.3 is 15.7 Å². The molecule has 0 unspecified atom stereocenters. The van der Waals surface area contributed by atoms with E-state index in [9.17, 15) is 9.59 Å². The lowest BCUT2D eigenvalue weighted by Gasteiger charge is -2.34. The van der Waals surface area contributed by atoms with Crippen molar-refractivity contribution in [2.24, 2.45) is 5.73 Å². The molecule has 1 aliphatic rings. The Balaban J connectivity index is 2.00. The summed E-state index contributed by atoms with van der Waals surface area (Å²) < 4.78 is 0. The molecule has 0 saturated carbocycles. The molecule has 0 spiro atoms. The predicted octanol–water partition coefficient (Wildman–Crippen LogP) is 0.0302.